The molecule has 1 aromatic heterocycles. The Kier molecular flexibility index (Phi) is 3.25. The van der Waals surface area contributed by atoms with Crippen molar-refractivity contribution in [1.29, 1.82) is 0 Å². The summed E-state index contributed by atoms with van der Waals surface area (Å²) in [4.78, 5) is 7.41. The summed E-state index contributed by atoms with van der Waals surface area (Å²) < 4.78 is 25.9. The zero-order valence-corrected chi connectivity index (χ0v) is 9.17. The maximum absolute atomic E-state index is 11.3. The fraction of sp³-hybridized carbons (Fsp3) is 0.333. The van der Waals surface area contributed by atoms with E-state index in [0.717, 1.165) is 4.31 Å². The Morgan fingerprint density at radius 3 is 2.57 bits per heavy atom. The summed E-state index contributed by atoms with van der Waals surface area (Å²) in [6, 6.07) is 0. The monoisotopic (exact) mass is 236 g/mol. The molecule has 0 amide bonds. The number of anilines is 1. The van der Waals surface area contributed by atoms with Crippen molar-refractivity contribution in [2.24, 2.45) is 0 Å². The highest BCUT2D eigenvalue weighted by Crippen LogP contribution is 2.08. The molecule has 0 aliphatic carbocycles. The maximum Gasteiger partial charge on any atom is 0.302 e. The number of rotatable bonds is 3. The predicted molar refractivity (Wildman–Crippen MR) is 53.3 cm³/mol. The smallest absolute Gasteiger partial charge is 0.258 e. The van der Waals surface area contributed by atoms with Crippen LogP contribution in [-0.2, 0) is 10.2 Å². The fourth-order valence-electron chi connectivity index (χ4n) is 0.615. The summed E-state index contributed by atoms with van der Waals surface area (Å²) in [6.07, 6.45) is 2.59. The molecule has 1 N–H and O–H groups in total. The van der Waals surface area contributed by atoms with Gasteiger partial charge >= 0.3 is 10.2 Å². The molecule has 1 heterocycles. The summed E-state index contributed by atoms with van der Waals surface area (Å²) >= 11 is 5.53. The van der Waals surface area contributed by atoms with Gasteiger partial charge in [-0.05, 0) is 0 Å². The van der Waals surface area contributed by atoms with Gasteiger partial charge in [0.25, 0.3) is 0 Å². The molecule has 8 heteroatoms. The van der Waals surface area contributed by atoms with Gasteiger partial charge in [-0.3, -0.25) is 9.71 Å². The Morgan fingerprint density at radius 2 is 2.07 bits per heavy atom. The first-order chi connectivity index (χ1) is 6.42. The van der Waals surface area contributed by atoms with Crippen LogP contribution < -0.4 is 4.72 Å². The quantitative estimate of drug-likeness (QED) is 0.822. The van der Waals surface area contributed by atoms with Gasteiger partial charge in [-0.1, -0.05) is 11.6 Å². The minimum atomic E-state index is -3.55. The second kappa shape index (κ2) is 4.07. The number of nitrogens with one attached hydrogen (secondary N) is 1. The third-order valence-corrected chi connectivity index (χ3v) is 2.93. The van der Waals surface area contributed by atoms with E-state index in [1.807, 2.05) is 0 Å². The number of halogens is 1. The lowest BCUT2D eigenvalue weighted by molar-refractivity contribution is 0.526. The normalized spacial score (nSPS) is 11.7. The lowest BCUT2D eigenvalue weighted by atomic mass is 10.7. The number of aromatic nitrogens is 2. The second-order valence-electron chi connectivity index (χ2n) is 2.62. The van der Waals surface area contributed by atoms with Crippen molar-refractivity contribution in [1.82, 2.24) is 14.3 Å². The summed E-state index contributed by atoms with van der Waals surface area (Å²) in [7, 11) is -0.740. The van der Waals surface area contributed by atoms with Crippen LogP contribution in [0.5, 0.6) is 0 Å². The average molecular weight is 237 g/mol. The van der Waals surface area contributed by atoms with Gasteiger partial charge in [-0.15, -0.1) is 0 Å². The standard InChI is InChI=1S/C6H9ClN4O2S/c1-11(2)14(12,13)10-6-4-8-3-5(7)9-6/h3-4H,1-2H3,(H,9,10). The molecule has 1 aromatic rings. The van der Waals surface area contributed by atoms with Gasteiger partial charge in [0.15, 0.2) is 5.82 Å². The lowest BCUT2D eigenvalue weighted by Crippen LogP contribution is -2.29. The van der Waals surface area contributed by atoms with Crippen molar-refractivity contribution in [2.45, 2.75) is 0 Å². The van der Waals surface area contributed by atoms with Crippen molar-refractivity contribution in [3.8, 4) is 0 Å². The van der Waals surface area contributed by atoms with Gasteiger partial charge in [-0.2, -0.15) is 12.7 Å². The molecule has 0 aliphatic rings. The van der Waals surface area contributed by atoms with E-state index in [0.29, 0.717) is 0 Å². The first-order valence-corrected chi connectivity index (χ1v) is 5.41. The van der Waals surface area contributed by atoms with Crippen LogP contribution >= 0.6 is 11.6 Å². The summed E-state index contributed by atoms with van der Waals surface area (Å²) in [5.41, 5.74) is 0. The largest absolute Gasteiger partial charge is 0.302 e. The van der Waals surface area contributed by atoms with E-state index in [4.69, 9.17) is 11.6 Å². The molecular weight excluding hydrogens is 228 g/mol. The lowest BCUT2D eigenvalue weighted by Gasteiger charge is -2.11. The van der Waals surface area contributed by atoms with E-state index < -0.39 is 10.2 Å². The Morgan fingerprint density at radius 1 is 1.43 bits per heavy atom. The SMILES string of the molecule is CN(C)S(=O)(=O)Nc1cncc(Cl)n1. The van der Waals surface area contributed by atoms with Crippen LogP contribution in [0.1, 0.15) is 0 Å². The molecule has 6 nitrogen and oxygen atoms in total. The first-order valence-electron chi connectivity index (χ1n) is 3.59. The first kappa shape index (κ1) is 11.2. The van der Waals surface area contributed by atoms with Crippen LogP contribution in [0.15, 0.2) is 12.4 Å². The van der Waals surface area contributed by atoms with Gasteiger partial charge in [0.2, 0.25) is 0 Å². The van der Waals surface area contributed by atoms with Crippen molar-refractivity contribution < 1.29 is 8.42 Å². The van der Waals surface area contributed by atoms with E-state index in [2.05, 4.69) is 14.7 Å². The number of hydrogen-bond acceptors (Lipinski definition) is 4. The molecule has 0 bridgehead atoms. The molecule has 1 rings (SSSR count). The third kappa shape index (κ3) is 2.79. The van der Waals surface area contributed by atoms with Crippen LogP contribution in [-0.4, -0.2) is 36.8 Å². The minimum Gasteiger partial charge on any atom is -0.258 e. The molecule has 0 saturated heterocycles. The van der Waals surface area contributed by atoms with Crippen LogP contribution in [0.3, 0.4) is 0 Å². The zero-order valence-electron chi connectivity index (χ0n) is 7.60. The molecule has 0 radical (unpaired) electrons. The highest BCUT2D eigenvalue weighted by Gasteiger charge is 2.13. The summed E-state index contributed by atoms with van der Waals surface area (Å²) in [5, 5.41) is 0.129. The van der Waals surface area contributed by atoms with Crippen LogP contribution in [0.25, 0.3) is 0 Å². The third-order valence-electron chi connectivity index (χ3n) is 1.32. The second-order valence-corrected chi connectivity index (χ2v) is 4.89. The Hall–Kier alpha value is -0.920. The van der Waals surface area contributed by atoms with Gasteiger partial charge < -0.3 is 0 Å². The topological polar surface area (TPSA) is 75.2 Å². The predicted octanol–water partition coefficient (Wildman–Crippen LogP) is 0.348. The molecule has 0 unspecified atom stereocenters. The van der Waals surface area contributed by atoms with Crippen LogP contribution in [0.2, 0.25) is 5.15 Å². The van der Waals surface area contributed by atoms with Gasteiger partial charge in [0, 0.05) is 14.1 Å². The van der Waals surface area contributed by atoms with Crippen molar-refractivity contribution in [3.05, 3.63) is 17.5 Å². The maximum atomic E-state index is 11.3. The Bertz CT molecular complexity index is 420. The van der Waals surface area contributed by atoms with Crippen LogP contribution in [0.4, 0.5) is 5.82 Å². The van der Waals surface area contributed by atoms with Crippen molar-refractivity contribution in [3.63, 3.8) is 0 Å². The molecule has 0 fully saturated rings. The number of hydrogen-bond donors (Lipinski definition) is 1. The Balaban J connectivity index is 2.90. The Labute approximate surface area is 87.1 Å². The molecule has 14 heavy (non-hydrogen) atoms. The minimum absolute atomic E-state index is 0.0891. The number of nitrogens with zero attached hydrogens (tertiary/aromatic N) is 3. The van der Waals surface area contributed by atoms with E-state index in [-0.39, 0.29) is 11.0 Å². The molecular formula is C6H9ClN4O2S. The van der Waals surface area contributed by atoms with Crippen LogP contribution in [0, 0.1) is 0 Å². The highest BCUT2D eigenvalue weighted by atomic mass is 35.5. The van der Waals surface area contributed by atoms with E-state index in [1.165, 1.54) is 26.5 Å². The van der Waals surface area contributed by atoms with Gasteiger partial charge in [-0.25, -0.2) is 4.98 Å². The van der Waals surface area contributed by atoms with Crippen molar-refractivity contribution >= 4 is 27.6 Å². The van der Waals surface area contributed by atoms with E-state index in [9.17, 15) is 8.42 Å². The summed E-state index contributed by atoms with van der Waals surface area (Å²) in [5.74, 6) is 0.0891. The molecule has 78 valence electrons. The van der Waals surface area contributed by atoms with E-state index >= 15 is 0 Å². The van der Waals surface area contributed by atoms with Gasteiger partial charge in [0.1, 0.15) is 5.15 Å². The average Bonchev–Trinajstić information content (AvgIpc) is 2.02. The molecule has 0 saturated carbocycles. The van der Waals surface area contributed by atoms with E-state index in [1.54, 1.807) is 0 Å². The fourth-order valence-corrected chi connectivity index (χ4v) is 1.31. The molecule has 0 aromatic carbocycles. The molecule has 0 aliphatic heterocycles. The zero-order chi connectivity index (χ0) is 10.8. The highest BCUT2D eigenvalue weighted by molar-refractivity contribution is 7.90. The summed E-state index contributed by atoms with van der Waals surface area (Å²) in [6.45, 7) is 0. The molecule has 0 spiro atoms. The van der Waals surface area contributed by atoms with Crippen molar-refractivity contribution in [2.75, 3.05) is 18.8 Å². The van der Waals surface area contributed by atoms with Gasteiger partial charge in [0.05, 0.1) is 12.4 Å². The molecule has 0 atom stereocenters.